The number of hydrogen-bond acceptors (Lipinski definition) is 3. The molecule has 0 radical (unpaired) electrons. The minimum Gasteiger partial charge on any atom is -0.355 e. The predicted molar refractivity (Wildman–Crippen MR) is 79.3 cm³/mol. The van der Waals surface area contributed by atoms with E-state index in [9.17, 15) is 9.59 Å². The van der Waals surface area contributed by atoms with Crippen molar-refractivity contribution in [2.75, 3.05) is 13.1 Å². The second-order valence-electron chi connectivity index (χ2n) is 4.65. The minimum absolute atomic E-state index is 0.0211. The van der Waals surface area contributed by atoms with Gasteiger partial charge in [0.15, 0.2) is 0 Å². The molecule has 6 nitrogen and oxygen atoms in total. The standard InChI is InChI=1S/C15H18N4O2/c1-3-16-14(20)9-17-15(21)12-4-6-13(7-5-12)19-10-11(2)8-18-19/h4-8,10H,3,9H2,1-2H3,(H,16,20)(H,17,21). The number of aromatic nitrogens is 2. The molecule has 6 heteroatoms. The second kappa shape index (κ2) is 6.69. The summed E-state index contributed by atoms with van der Waals surface area (Å²) in [7, 11) is 0. The number of nitrogens with one attached hydrogen (secondary N) is 2. The van der Waals surface area contributed by atoms with Crippen LogP contribution in [-0.4, -0.2) is 34.7 Å². The van der Waals surface area contributed by atoms with Crippen LogP contribution in [0.3, 0.4) is 0 Å². The first-order chi connectivity index (χ1) is 10.1. The molecule has 0 saturated heterocycles. The summed E-state index contributed by atoms with van der Waals surface area (Å²) >= 11 is 0. The Morgan fingerprint density at radius 2 is 1.90 bits per heavy atom. The van der Waals surface area contributed by atoms with Crippen LogP contribution in [0.4, 0.5) is 0 Å². The minimum atomic E-state index is -0.274. The van der Waals surface area contributed by atoms with Gasteiger partial charge in [-0.25, -0.2) is 4.68 Å². The Kier molecular flexibility index (Phi) is 4.71. The number of benzene rings is 1. The molecule has 2 aromatic rings. The third-order valence-electron chi connectivity index (χ3n) is 2.89. The summed E-state index contributed by atoms with van der Waals surface area (Å²) in [5.41, 5.74) is 2.45. The van der Waals surface area contributed by atoms with Crippen molar-refractivity contribution in [1.82, 2.24) is 20.4 Å². The molecule has 0 spiro atoms. The van der Waals surface area contributed by atoms with Gasteiger partial charge in [-0.15, -0.1) is 0 Å². The van der Waals surface area contributed by atoms with E-state index in [1.807, 2.05) is 32.2 Å². The number of likely N-dealkylation sites (N-methyl/N-ethyl adjacent to an activating group) is 1. The van der Waals surface area contributed by atoms with E-state index >= 15 is 0 Å². The highest BCUT2D eigenvalue weighted by molar-refractivity contribution is 5.96. The van der Waals surface area contributed by atoms with E-state index in [1.165, 1.54) is 0 Å². The van der Waals surface area contributed by atoms with Gasteiger partial charge in [0.2, 0.25) is 5.91 Å². The van der Waals surface area contributed by atoms with Crippen molar-refractivity contribution in [3.05, 3.63) is 47.8 Å². The maximum Gasteiger partial charge on any atom is 0.251 e. The molecule has 2 rings (SSSR count). The molecule has 21 heavy (non-hydrogen) atoms. The molecule has 0 aliphatic carbocycles. The van der Waals surface area contributed by atoms with E-state index in [0.717, 1.165) is 11.3 Å². The maximum absolute atomic E-state index is 11.9. The zero-order valence-corrected chi connectivity index (χ0v) is 12.1. The summed E-state index contributed by atoms with van der Waals surface area (Å²) in [5, 5.41) is 9.40. The number of carbonyl (C=O) groups excluding carboxylic acids is 2. The van der Waals surface area contributed by atoms with Crippen molar-refractivity contribution in [2.24, 2.45) is 0 Å². The fourth-order valence-corrected chi connectivity index (χ4v) is 1.84. The highest BCUT2D eigenvalue weighted by Crippen LogP contribution is 2.09. The molecule has 1 heterocycles. The molecule has 1 aromatic heterocycles. The monoisotopic (exact) mass is 286 g/mol. The summed E-state index contributed by atoms with van der Waals surface area (Å²) in [6.45, 7) is 4.32. The molecule has 0 saturated carbocycles. The van der Waals surface area contributed by atoms with Gasteiger partial charge < -0.3 is 10.6 Å². The largest absolute Gasteiger partial charge is 0.355 e. The Bertz CT molecular complexity index is 631. The molecule has 2 amide bonds. The van der Waals surface area contributed by atoms with E-state index in [2.05, 4.69) is 15.7 Å². The average Bonchev–Trinajstić information content (AvgIpc) is 2.92. The summed E-state index contributed by atoms with van der Waals surface area (Å²) in [5.74, 6) is -0.473. The fraction of sp³-hybridized carbons (Fsp3) is 0.267. The Hall–Kier alpha value is -2.63. The number of aryl methyl sites for hydroxylation is 1. The van der Waals surface area contributed by atoms with Crippen LogP contribution in [0.5, 0.6) is 0 Å². The first kappa shape index (κ1) is 14.8. The molecule has 0 atom stereocenters. The summed E-state index contributed by atoms with van der Waals surface area (Å²) in [4.78, 5) is 23.2. The van der Waals surface area contributed by atoms with E-state index in [1.54, 1.807) is 23.0 Å². The van der Waals surface area contributed by atoms with Gasteiger partial charge in [0.1, 0.15) is 0 Å². The lowest BCUT2D eigenvalue weighted by atomic mass is 10.2. The number of carbonyl (C=O) groups is 2. The van der Waals surface area contributed by atoms with Gasteiger partial charge in [-0.05, 0) is 43.7 Å². The number of hydrogen-bond donors (Lipinski definition) is 2. The van der Waals surface area contributed by atoms with Crippen molar-refractivity contribution in [1.29, 1.82) is 0 Å². The van der Waals surface area contributed by atoms with Crippen LogP contribution < -0.4 is 10.6 Å². The number of nitrogens with zero attached hydrogens (tertiary/aromatic N) is 2. The van der Waals surface area contributed by atoms with Crippen LogP contribution in [-0.2, 0) is 4.79 Å². The van der Waals surface area contributed by atoms with Crippen LogP contribution in [0.25, 0.3) is 5.69 Å². The van der Waals surface area contributed by atoms with Crippen LogP contribution in [0.1, 0.15) is 22.8 Å². The van der Waals surface area contributed by atoms with Crippen LogP contribution in [0.2, 0.25) is 0 Å². The van der Waals surface area contributed by atoms with E-state index in [-0.39, 0.29) is 18.4 Å². The first-order valence-electron chi connectivity index (χ1n) is 6.76. The lowest BCUT2D eigenvalue weighted by molar-refractivity contribution is -0.120. The fourth-order valence-electron chi connectivity index (χ4n) is 1.84. The molecule has 0 aliphatic heterocycles. The number of amides is 2. The van der Waals surface area contributed by atoms with Crippen molar-refractivity contribution >= 4 is 11.8 Å². The predicted octanol–water partition coefficient (Wildman–Crippen LogP) is 1.05. The van der Waals surface area contributed by atoms with Gasteiger partial charge in [-0.3, -0.25) is 9.59 Å². The van der Waals surface area contributed by atoms with Gasteiger partial charge in [0.25, 0.3) is 5.91 Å². The lowest BCUT2D eigenvalue weighted by Crippen LogP contribution is -2.36. The quantitative estimate of drug-likeness (QED) is 0.862. The SMILES string of the molecule is CCNC(=O)CNC(=O)c1ccc(-n2cc(C)cn2)cc1. The van der Waals surface area contributed by atoms with Gasteiger partial charge in [-0.2, -0.15) is 5.10 Å². The molecule has 0 bridgehead atoms. The van der Waals surface area contributed by atoms with Gasteiger partial charge >= 0.3 is 0 Å². The highest BCUT2D eigenvalue weighted by Gasteiger charge is 2.08. The molecule has 0 unspecified atom stereocenters. The summed E-state index contributed by atoms with van der Waals surface area (Å²) < 4.78 is 1.74. The molecule has 2 N–H and O–H groups in total. The molecule has 110 valence electrons. The zero-order chi connectivity index (χ0) is 15.2. The third-order valence-corrected chi connectivity index (χ3v) is 2.89. The maximum atomic E-state index is 11.9. The Morgan fingerprint density at radius 1 is 1.19 bits per heavy atom. The van der Waals surface area contributed by atoms with Crippen molar-refractivity contribution in [3.63, 3.8) is 0 Å². The summed E-state index contributed by atoms with van der Waals surface area (Å²) in [6.07, 6.45) is 3.68. The lowest BCUT2D eigenvalue weighted by Gasteiger charge is -2.06. The molecule has 0 fully saturated rings. The highest BCUT2D eigenvalue weighted by atomic mass is 16.2. The van der Waals surface area contributed by atoms with Crippen molar-refractivity contribution < 1.29 is 9.59 Å². The summed E-state index contributed by atoms with van der Waals surface area (Å²) in [6, 6.07) is 7.04. The van der Waals surface area contributed by atoms with Crippen LogP contribution >= 0.6 is 0 Å². The second-order valence-corrected chi connectivity index (χ2v) is 4.65. The van der Waals surface area contributed by atoms with Gasteiger partial charge in [0.05, 0.1) is 18.4 Å². The van der Waals surface area contributed by atoms with Crippen LogP contribution in [0.15, 0.2) is 36.7 Å². The Morgan fingerprint density at radius 3 is 2.48 bits per heavy atom. The van der Waals surface area contributed by atoms with Crippen molar-refractivity contribution in [2.45, 2.75) is 13.8 Å². The Labute approximate surface area is 123 Å². The van der Waals surface area contributed by atoms with Gasteiger partial charge in [0, 0.05) is 18.3 Å². The molecular formula is C15H18N4O2. The van der Waals surface area contributed by atoms with E-state index in [0.29, 0.717) is 12.1 Å². The number of rotatable bonds is 5. The molecule has 1 aromatic carbocycles. The molecular weight excluding hydrogens is 268 g/mol. The zero-order valence-electron chi connectivity index (χ0n) is 12.1. The topological polar surface area (TPSA) is 76.0 Å². The van der Waals surface area contributed by atoms with Crippen molar-refractivity contribution in [3.8, 4) is 5.69 Å². The average molecular weight is 286 g/mol. The van der Waals surface area contributed by atoms with E-state index in [4.69, 9.17) is 0 Å². The molecule has 0 aliphatic rings. The van der Waals surface area contributed by atoms with Gasteiger partial charge in [-0.1, -0.05) is 0 Å². The third kappa shape index (κ3) is 3.92. The van der Waals surface area contributed by atoms with E-state index < -0.39 is 0 Å². The Balaban J connectivity index is 1.98. The first-order valence-corrected chi connectivity index (χ1v) is 6.76. The normalized spacial score (nSPS) is 10.2. The smallest absolute Gasteiger partial charge is 0.251 e. The van der Waals surface area contributed by atoms with Crippen LogP contribution in [0, 0.1) is 6.92 Å².